The van der Waals surface area contributed by atoms with Crippen LogP contribution in [0.1, 0.15) is 39.0 Å². The van der Waals surface area contributed by atoms with Gasteiger partial charge in [0.15, 0.2) is 0 Å². The Morgan fingerprint density at radius 3 is 2.81 bits per heavy atom. The second-order valence-electron chi connectivity index (χ2n) is 5.74. The smallest absolute Gasteiger partial charge is 0.330 e. The first kappa shape index (κ1) is 15.6. The topological polar surface area (TPSA) is 113 Å². The number of rotatable bonds is 6. The highest BCUT2D eigenvalue weighted by atomic mass is 16.3. The molecule has 2 rings (SSSR count). The van der Waals surface area contributed by atoms with E-state index >= 15 is 0 Å². The van der Waals surface area contributed by atoms with Crippen molar-refractivity contribution in [1.82, 2.24) is 9.55 Å². The predicted molar refractivity (Wildman–Crippen MR) is 82.5 cm³/mol. The molecule has 118 valence electrons. The molecular formula is C14H24N4O3. The zero-order valence-electron chi connectivity index (χ0n) is 12.4. The molecule has 1 saturated carbocycles. The Balaban J connectivity index is 2.14. The monoisotopic (exact) mass is 296 g/mol. The SMILES string of the molecule is CCCCn1c(N)c(NCC2CCC(O)C2)c(=O)[nH]c1=O. The summed E-state index contributed by atoms with van der Waals surface area (Å²) in [6.07, 6.45) is 3.99. The summed E-state index contributed by atoms with van der Waals surface area (Å²) in [5.74, 6) is 0.519. The van der Waals surface area contributed by atoms with Gasteiger partial charge in [-0.3, -0.25) is 14.3 Å². The van der Waals surface area contributed by atoms with Crippen molar-refractivity contribution in [2.24, 2.45) is 5.92 Å². The van der Waals surface area contributed by atoms with E-state index in [1.807, 2.05) is 6.92 Å². The molecule has 21 heavy (non-hydrogen) atoms. The summed E-state index contributed by atoms with van der Waals surface area (Å²) in [5.41, 5.74) is 5.28. The summed E-state index contributed by atoms with van der Waals surface area (Å²) in [6.45, 7) is 3.10. The molecule has 0 radical (unpaired) electrons. The van der Waals surface area contributed by atoms with Crippen LogP contribution in [0.4, 0.5) is 11.5 Å². The van der Waals surface area contributed by atoms with Crippen molar-refractivity contribution in [2.75, 3.05) is 17.6 Å². The molecule has 1 fully saturated rings. The number of hydrogen-bond acceptors (Lipinski definition) is 5. The van der Waals surface area contributed by atoms with Crippen LogP contribution in [0.2, 0.25) is 0 Å². The quantitative estimate of drug-likeness (QED) is 0.610. The number of H-pyrrole nitrogens is 1. The number of aliphatic hydroxyl groups excluding tert-OH is 1. The summed E-state index contributed by atoms with van der Waals surface area (Å²) in [6, 6.07) is 0. The number of hydrogen-bond donors (Lipinski definition) is 4. The van der Waals surface area contributed by atoms with Crippen molar-refractivity contribution >= 4 is 11.5 Å². The van der Waals surface area contributed by atoms with E-state index in [4.69, 9.17) is 5.73 Å². The second-order valence-corrected chi connectivity index (χ2v) is 5.74. The summed E-state index contributed by atoms with van der Waals surface area (Å²) in [7, 11) is 0. The summed E-state index contributed by atoms with van der Waals surface area (Å²) < 4.78 is 1.40. The lowest BCUT2D eigenvalue weighted by Gasteiger charge is -2.15. The minimum absolute atomic E-state index is 0.191. The van der Waals surface area contributed by atoms with Gasteiger partial charge in [0.25, 0.3) is 5.56 Å². The first-order valence-corrected chi connectivity index (χ1v) is 7.57. The molecule has 1 aliphatic rings. The van der Waals surface area contributed by atoms with Gasteiger partial charge in [0.1, 0.15) is 11.5 Å². The fourth-order valence-electron chi connectivity index (χ4n) is 2.78. The van der Waals surface area contributed by atoms with Gasteiger partial charge in [-0.25, -0.2) is 4.79 Å². The van der Waals surface area contributed by atoms with Gasteiger partial charge in [-0.15, -0.1) is 0 Å². The Hall–Kier alpha value is -1.76. The number of nitrogens with zero attached hydrogens (tertiary/aromatic N) is 1. The average molecular weight is 296 g/mol. The van der Waals surface area contributed by atoms with Crippen LogP contribution in [0, 0.1) is 5.92 Å². The summed E-state index contributed by atoms with van der Waals surface area (Å²) >= 11 is 0. The van der Waals surface area contributed by atoms with Crippen LogP contribution in [0.5, 0.6) is 0 Å². The molecule has 7 nitrogen and oxygen atoms in total. The molecule has 2 atom stereocenters. The first-order chi connectivity index (χ1) is 10.0. The minimum atomic E-state index is -0.483. The fraction of sp³-hybridized carbons (Fsp3) is 0.714. The second kappa shape index (κ2) is 6.80. The standard InChI is InChI=1S/C14H24N4O3/c1-2-3-6-18-12(15)11(13(20)17-14(18)21)16-8-9-4-5-10(19)7-9/h9-10,16,19H,2-8,15H2,1H3,(H,17,20,21). The lowest BCUT2D eigenvalue weighted by Crippen LogP contribution is -2.34. The highest BCUT2D eigenvalue weighted by Crippen LogP contribution is 2.25. The van der Waals surface area contributed by atoms with Gasteiger partial charge >= 0.3 is 5.69 Å². The van der Waals surface area contributed by atoms with Crippen molar-refractivity contribution in [3.63, 3.8) is 0 Å². The molecule has 1 aromatic heterocycles. The molecular weight excluding hydrogens is 272 g/mol. The number of unbranched alkanes of at least 4 members (excludes halogenated alkanes) is 1. The van der Waals surface area contributed by atoms with Gasteiger partial charge in [-0.05, 0) is 31.6 Å². The number of aromatic nitrogens is 2. The molecule has 1 heterocycles. The third-order valence-electron chi connectivity index (χ3n) is 4.06. The molecule has 0 bridgehead atoms. The van der Waals surface area contributed by atoms with E-state index in [9.17, 15) is 14.7 Å². The van der Waals surface area contributed by atoms with E-state index in [2.05, 4.69) is 10.3 Å². The van der Waals surface area contributed by atoms with Gasteiger partial charge < -0.3 is 16.2 Å². The van der Waals surface area contributed by atoms with Crippen molar-refractivity contribution < 1.29 is 5.11 Å². The Kier molecular flexibility index (Phi) is 5.06. The molecule has 0 spiro atoms. The highest BCUT2D eigenvalue weighted by molar-refractivity contribution is 5.60. The third-order valence-corrected chi connectivity index (χ3v) is 4.06. The Labute approximate surface area is 123 Å². The van der Waals surface area contributed by atoms with Crippen LogP contribution in [-0.4, -0.2) is 27.3 Å². The molecule has 1 aliphatic carbocycles. The van der Waals surface area contributed by atoms with Crippen LogP contribution in [0.3, 0.4) is 0 Å². The lowest BCUT2D eigenvalue weighted by atomic mass is 10.1. The molecule has 1 aromatic rings. The summed E-state index contributed by atoms with van der Waals surface area (Å²) in [4.78, 5) is 26.0. The van der Waals surface area contributed by atoms with Gasteiger partial charge in [0, 0.05) is 13.1 Å². The predicted octanol–water partition coefficient (Wildman–Crippen LogP) is 0.492. The van der Waals surface area contributed by atoms with Gasteiger partial charge in [0.05, 0.1) is 6.10 Å². The molecule has 2 unspecified atom stereocenters. The zero-order valence-corrected chi connectivity index (χ0v) is 12.4. The first-order valence-electron chi connectivity index (χ1n) is 7.57. The van der Waals surface area contributed by atoms with E-state index in [-0.39, 0.29) is 17.6 Å². The Morgan fingerprint density at radius 2 is 2.19 bits per heavy atom. The number of nitrogens with one attached hydrogen (secondary N) is 2. The zero-order chi connectivity index (χ0) is 15.4. The van der Waals surface area contributed by atoms with E-state index in [1.165, 1.54) is 4.57 Å². The van der Waals surface area contributed by atoms with Crippen LogP contribution >= 0.6 is 0 Å². The lowest BCUT2D eigenvalue weighted by molar-refractivity contribution is 0.178. The molecule has 0 aliphatic heterocycles. The van der Waals surface area contributed by atoms with Crippen LogP contribution in [0.25, 0.3) is 0 Å². The minimum Gasteiger partial charge on any atom is -0.393 e. The van der Waals surface area contributed by atoms with Gasteiger partial charge in [-0.1, -0.05) is 13.3 Å². The number of aliphatic hydroxyl groups is 1. The van der Waals surface area contributed by atoms with Crippen molar-refractivity contribution in [3.8, 4) is 0 Å². The van der Waals surface area contributed by atoms with Crippen LogP contribution < -0.4 is 22.3 Å². The Morgan fingerprint density at radius 1 is 1.43 bits per heavy atom. The van der Waals surface area contributed by atoms with E-state index in [0.717, 1.165) is 32.1 Å². The van der Waals surface area contributed by atoms with Crippen LogP contribution in [-0.2, 0) is 6.54 Å². The largest absolute Gasteiger partial charge is 0.393 e. The molecule has 7 heteroatoms. The van der Waals surface area contributed by atoms with Crippen molar-refractivity contribution in [1.29, 1.82) is 0 Å². The third kappa shape index (κ3) is 3.66. The fourth-order valence-corrected chi connectivity index (χ4v) is 2.78. The normalized spacial score (nSPS) is 21.6. The molecule has 0 aromatic carbocycles. The summed E-state index contributed by atoms with van der Waals surface area (Å²) in [5, 5.41) is 12.6. The Bertz CT molecular complexity index is 593. The number of nitrogen functional groups attached to an aromatic ring is 1. The van der Waals surface area contributed by atoms with Crippen molar-refractivity contribution in [2.45, 2.75) is 51.7 Å². The maximum Gasteiger partial charge on any atom is 0.330 e. The van der Waals surface area contributed by atoms with Gasteiger partial charge in [-0.2, -0.15) is 0 Å². The van der Waals surface area contributed by atoms with Crippen LogP contribution in [0.15, 0.2) is 9.59 Å². The maximum atomic E-state index is 11.9. The van der Waals surface area contributed by atoms with E-state index in [0.29, 0.717) is 19.0 Å². The molecule has 0 saturated heterocycles. The van der Waals surface area contributed by atoms with E-state index < -0.39 is 11.2 Å². The highest BCUT2D eigenvalue weighted by Gasteiger charge is 2.23. The average Bonchev–Trinajstić information content (AvgIpc) is 2.84. The van der Waals surface area contributed by atoms with Crippen molar-refractivity contribution in [3.05, 3.63) is 20.8 Å². The number of aromatic amines is 1. The number of anilines is 2. The molecule has 5 N–H and O–H groups in total. The van der Waals surface area contributed by atoms with Gasteiger partial charge in [0.2, 0.25) is 0 Å². The van der Waals surface area contributed by atoms with E-state index in [1.54, 1.807) is 0 Å². The maximum absolute atomic E-state index is 11.9. The number of nitrogens with two attached hydrogens (primary N) is 1. The molecule has 0 amide bonds.